The van der Waals surface area contributed by atoms with Crippen LogP contribution in [0.1, 0.15) is 43.6 Å². The van der Waals surface area contributed by atoms with Gasteiger partial charge in [-0.25, -0.2) is 0 Å². The fourth-order valence-corrected chi connectivity index (χ4v) is 4.55. The zero-order valence-electron chi connectivity index (χ0n) is 18.0. The number of guanidine groups is 1. The Morgan fingerprint density at radius 1 is 1.07 bits per heavy atom. The molecule has 3 rings (SSSR count). The van der Waals surface area contributed by atoms with Gasteiger partial charge in [0.15, 0.2) is 5.96 Å². The summed E-state index contributed by atoms with van der Waals surface area (Å²) in [4.78, 5) is 6.92. The first kappa shape index (κ1) is 24.4. The van der Waals surface area contributed by atoms with Gasteiger partial charge in [-0.3, -0.25) is 4.99 Å². The minimum Gasteiger partial charge on any atom is -0.382 e. The van der Waals surface area contributed by atoms with Crippen molar-refractivity contribution in [2.45, 2.75) is 38.0 Å². The summed E-state index contributed by atoms with van der Waals surface area (Å²) < 4.78 is 10.7. The van der Waals surface area contributed by atoms with Gasteiger partial charge in [0, 0.05) is 39.7 Å². The first-order valence-electron chi connectivity index (χ1n) is 10.9. The highest BCUT2D eigenvalue weighted by Gasteiger charge is 2.26. The van der Waals surface area contributed by atoms with Crippen molar-refractivity contribution in [3.63, 3.8) is 0 Å². The molecule has 5 nitrogen and oxygen atoms in total. The van der Waals surface area contributed by atoms with Gasteiger partial charge in [0.05, 0.1) is 19.8 Å². The molecule has 2 aliphatic rings. The minimum absolute atomic E-state index is 0. The van der Waals surface area contributed by atoms with Gasteiger partial charge in [-0.05, 0) is 49.5 Å². The van der Waals surface area contributed by atoms with Crippen LogP contribution in [-0.4, -0.2) is 64.5 Å². The Bertz CT molecular complexity index is 591. The highest BCUT2D eigenvalue weighted by atomic mass is 127. The molecule has 1 aliphatic carbocycles. The molecule has 29 heavy (non-hydrogen) atoms. The SMILES string of the molecule is CN=C(NCC1CCC(c2ccccc2)CC1)N1CCC(COCCOC)C1.I. The van der Waals surface area contributed by atoms with Crippen molar-refractivity contribution in [2.75, 3.05) is 53.6 Å². The molecule has 1 saturated heterocycles. The molecule has 0 amide bonds. The number of ether oxygens (including phenoxy) is 2. The van der Waals surface area contributed by atoms with Crippen LogP contribution in [0.25, 0.3) is 0 Å². The summed E-state index contributed by atoms with van der Waals surface area (Å²) in [5.74, 6) is 3.16. The molecule has 1 unspecified atom stereocenters. The van der Waals surface area contributed by atoms with Crippen LogP contribution in [0.2, 0.25) is 0 Å². The van der Waals surface area contributed by atoms with Gasteiger partial charge in [-0.1, -0.05) is 30.3 Å². The Morgan fingerprint density at radius 3 is 2.52 bits per heavy atom. The molecule has 1 heterocycles. The molecule has 1 atom stereocenters. The van der Waals surface area contributed by atoms with Gasteiger partial charge in [0.25, 0.3) is 0 Å². The maximum atomic E-state index is 5.71. The number of hydrogen-bond acceptors (Lipinski definition) is 3. The van der Waals surface area contributed by atoms with Gasteiger partial charge in [0.1, 0.15) is 0 Å². The number of halogens is 1. The van der Waals surface area contributed by atoms with Crippen LogP contribution >= 0.6 is 24.0 Å². The van der Waals surface area contributed by atoms with Crippen LogP contribution in [0.3, 0.4) is 0 Å². The van der Waals surface area contributed by atoms with Crippen LogP contribution < -0.4 is 5.32 Å². The number of hydrogen-bond donors (Lipinski definition) is 1. The predicted octanol–water partition coefficient (Wildman–Crippen LogP) is 4.14. The molecule has 1 saturated carbocycles. The second kappa shape index (κ2) is 13.4. The zero-order chi connectivity index (χ0) is 19.6. The number of nitrogens with zero attached hydrogens (tertiary/aromatic N) is 2. The van der Waals surface area contributed by atoms with Crippen molar-refractivity contribution < 1.29 is 9.47 Å². The molecule has 0 spiro atoms. The second-order valence-electron chi connectivity index (χ2n) is 8.22. The molecular weight excluding hydrogens is 477 g/mol. The molecule has 0 aromatic heterocycles. The van der Waals surface area contributed by atoms with Crippen molar-refractivity contribution in [3.8, 4) is 0 Å². The van der Waals surface area contributed by atoms with E-state index >= 15 is 0 Å². The highest BCUT2D eigenvalue weighted by molar-refractivity contribution is 14.0. The molecule has 0 bridgehead atoms. The summed E-state index contributed by atoms with van der Waals surface area (Å²) in [5.41, 5.74) is 1.51. The molecule has 6 heteroatoms. The third-order valence-corrected chi connectivity index (χ3v) is 6.25. The van der Waals surface area contributed by atoms with Crippen LogP contribution in [0, 0.1) is 11.8 Å². The summed E-state index contributed by atoms with van der Waals surface area (Å²) >= 11 is 0. The fraction of sp³-hybridized carbons (Fsp3) is 0.696. The quantitative estimate of drug-likeness (QED) is 0.245. The van der Waals surface area contributed by atoms with Gasteiger partial charge >= 0.3 is 0 Å². The molecule has 1 aromatic rings. The van der Waals surface area contributed by atoms with Gasteiger partial charge in [-0.15, -0.1) is 24.0 Å². The third-order valence-electron chi connectivity index (χ3n) is 6.25. The first-order valence-corrected chi connectivity index (χ1v) is 10.9. The van der Waals surface area contributed by atoms with Crippen molar-refractivity contribution in [3.05, 3.63) is 35.9 Å². The zero-order valence-corrected chi connectivity index (χ0v) is 20.3. The number of nitrogens with one attached hydrogen (secondary N) is 1. The number of likely N-dealkylation sites (tertiary alicyclic amines) is 1. The maximum absolute atomic E-state index is 5.71. The van der Waals surface area contributed by atoms with E-state index < -0.39 is 0 Å². The number of benzene rings is 1. The van der Waals surface area contributed by atoms with E-state index in [1.807, 2.05) is 7.05 Å². The van der Waals surface area contributed by atoms with E-state index in [-0.39, 0.29) is 24.0 Å². The molecular formula is C23H38IN3O2. The molecule has 1 N–H and O–H groups in total. The molecule has 0 radical (unpaired) electrons. The lowest BCUT2D eigenvalue weighted by atomic mass is 9.79. The molecule has 1 aliphatic heterocycles. The summed E-state index contributed by atoms with van der Waals surface area (Å²) in [6.45, 7) is 5.32. The summed E-state index contributed by atoms with van der Waals surface area (Å²) in [6, 6.07) is 11.0. The average Bonchev–Trinajstić information content (AvgIpc) is 3.21. The number of aliphatic imine (C=N–C) groups is 1. The van der Waals surface area contributed by atoms with Crippen LogP contribution in [0.4, 0.5) is 0 Å². The number of methoxy groups -OCH3 is 1. The Balaban J connectivity index is 0.00000300. The van der Waals surface area contributed by atoms with Crippen LogP contribution in [0.5, 0.6) is 0 Å². The monoisotopic (exact) mass is 515 g/mol. The second-order valence-corrected chi connectivity index (χ2v) is 8.22. The predicted molar refractivity (Wildman–Crippen MR) is 130 cm³/mol. The van der Waals surface area contributed by atoms with Crippen LogP contribution in [0.15, 0.2) is 35.3 Å². The van der Waals surface area contributed by atoms with E-state index in [9.17, 15) is 0 Å². The van der Waals surface area contributed by atoms with Gasteiger partial charge in [-0.2, -0.15) is 0 Å². The third kappa shape index (κ3) is 7.72. The standard InChI is InChI=1S/C23H37N3O2.HI/c1-24-23(26-13-12-20(17-26)18-28-15-14-27-2)25-16-19-8-10-22(11-9-19)21-6-4-3-5-7-21;/h3-7,19-20,22H,8-18H2,1-2H3,(H,24,25);1H. The maximum Gasteiger partial charge on any atom is 0.193 e. The molecule has 164 valence electrons. The van der Waals surface area contributed by atoms with Crippen molar-refractivity contribution in [1.82, 2.24) is 10.2 Å². The lowest BCUT2D eigenvalue weighted by Crippen LogP contribution is -2.42. The van der Waals surface area contributed by atoms with Gasteiger partial charge < -0.3 is 19.7 Å². The Labute approximate surface area is 193 Å². The van der Waals surface area contributed by atoms with Gasteiger partial charge in [0.2, 0.25) is 0 Å². The average molecular weight is 515 g/mol. The first-order chi connectivity index (χ1) is 13.8. The minimum atomic E-state index is 0. The Kier molecular flexibility index (Phi) is 11.3. The van der Waals surface area contributed by atoms with E-state index in [4.69, 9.17) is 9.47 Å². The van der Waals surface area contributed by atoms with E-state index in [1.165, 1.54) is 37.7 Å². The van der Waals surface area contributed by atoms with E-state index in [0.717, 1.165) is 44.0 Å². The van der Waals surface area contributed by atoms with E-state index in [1.54, 1.807) is 7.11 Å². The molecule has 1 aromatic carbocycles. The van der Waals surface area contributed by atoms with E-state index in [0.29, 0.717) is 19.1 Å². The Hall–Kier alpha value is -0.860. The topological polar surface area (TPSA) is 46.1 Å². The largest absolute Gasteiger partial charge is 0.382 e. The van der Waals surface area contributed by atoms with Crippen LogP contribution in [-0.2, 0) is 9.47 Å². The molecule has 2 fully saturated rings. The van der Waals surface area contributed by atoms with E-state index in [2.05, 4.69) is 45.5 Å². The number of rotatable bonds is 8. The van der Waals surface area contributed by atoms with Crippen molar-refractivity contribution >= 4 is 29.9 Å². The fourth-order valence-electron chi connectivity index (χ4n) is 4.55. The summed E-state index contributed by atoms with van der Waals surface area (Å²) in [5, 5.41) is 3.65. The summed E-state index contributed by atoms with van der Waals surface area (Å²) in [7, 11) is 3.61. The van der Waals surface area contributed by atoms with Crippen molar-refractivity contribution in [2.24, 2.45) is 16.8 Å². The summed E-state index contributed by atoms with van der Waals surface area (Å²) in [6.07, 6.45) is 6.40. The highest BCUT2D eigenvalue weighted by Crippen LogP contribution is 2.35. The van der Waals surface area contributed by atoms with Crippen molar-refractivity contribution in [1.29, 1.82) is 0 Å². The lowest BCUT2D eigenvalue weighted by molar-refractivity contribution is 0.0536. The lowest BCUT2D eigenvalue weighted by Gasteiger charge is -2.30. The Morgan fingerprint density at radius 2 is 1.83 bits per heavy atom. The smallest absolute Gasteiger partial charge is 0.193 e. The normalized spacial score (nSPS) is 25.0.